The highest BCUT2D eigenvalue weighted by Gasteiger charge is 2.34. The Balaban J connectivity index is 1.61. The second-order valence-corrected chi connectivity index (χ2v) is 8.07. The zero-order valence-corrected chi connectivity index (χ0v) is 17.1. The third kappa shape index (κ3) is 4.96. The fourth-order valence-electron chi connectivity index (χ4n) is 3.60. The molecule has 3 rings (SSSR count). The van der Waals surface area contributed by atoms with Crippen molar-refractivity contribution in [2.45, 2.75) is 51.5 Å². The molecule has 6 nitrogen and oxygen atoms in total. The Morgan fingerprint density at radius 2 is 1.83 bits per heavy atom. The Morgan fingerprint density at radius 3 is 2.48 bits per heavy atom. The van der Waals surface area contributed by atoms with Crippen LogP contribution in [0.25, 0.3) is 0 Å². The van der Waals surface area contributed by atoms with Crippen molar-refractivity contribution in [1.82, 2.24) is 20.2 Å². The molecular weight excluding hydrogens is 371 g/mol. The van der Waals surface area contributed by atoms with Gasteiger partial charge in [0.2, 0.25) is 5.91 Å². The van der Waals surface area contributed by atoms with Crippen molar-refractivity contribution < 1.29 is 14.0 Å². The van der Waals surface area contributed by atoms with Crippen molar-refractivity contribution in [2.24, 2.45) is 0 Å². The number of aromatic nitrogens is 2. The van der Waals surface area contributed by atoms with Gasteiger partial charge in [-0.3, -0.25) is 14.6 Å². The van der Waals surface area contributed by atoms with Crippen molar-refractivity contribution in [3.63, 3.8) is 0 Å². The van der Waals surface area contributed by atoms with Gasteiger partial charge in [-0.05, 0) is 57.7 Å². The Kier molecular flexibility index (Phi) is 6.25. The molecule has 1 N–H and O–H groups in total. The zero-order valence-electron chi connectivity index (χ0n) is 17.1. The summed E-state index contributed by atoms with van der Waals surface area (Å²) in [5.74, 6) is -0.543. The summed E-state index contributed by atoms with van der Waals surface area (Å²) in [4.78, 5) is 35.6. The van der Waals surface area contributed by atoms with E-state index in [0.29, 0.717) is 25.2 Å². The van der Waals surface area contributed by atoms with Crippen LogP contribution in [0.5, 0.6) is 0 Å². The monoisotopic (exact) mass is 398 g/mol. The second-order valence-electron chi connectivity index (χ2n) is 8.07. The smallest absolute Gasteiger partial charge is 0.271 e. The van der Waals surface area contributed by atoms with Gasteiger partial charge in [0.15, 0.2) is 0 Å². The number of benzene rings is 1. The molecule has 2 heterocycles. The molecular formula is C22H27FN4O2. The molecule has 0 unspecified atom stereocenters. The maximum absolute atomic E-state index is 13.2. The summed E-state index contributed by atoms with van der Waals surface area (Å²) < 4.78 is 13.2. The lowest BCUT2D eigenvalue weighted by Gasteiger charge is -2.31. The summed E-state index contributed by atoms with van der Waals surface area (Å²) in [6.07, 6.45) is 5.32. The molecule has 0 bridgehead atoms. The third-order valence-electron chi connectivity index (χ3n) is 5.46. The average molecular weight is 398 g/mol. The van der Waals surface area contributed by atoms with Gasteiger partial charge in [0.1, 0.15) is 11.5 Å². The molecule has 0 aliphatic carbocycles. The van der Waals surface area contributed by atoms with E-state index in [9.17, 15) is 14.0 Å². The van der Waals surface area contributed by atoms with Gasteiger partial charge in [-0.1, -0.05) is 12.1 Å². The number of hydrogen-bond acceptors (Lipinski definition) is 4. The first kappa shape index (κ1) is 20.9. The van der Waals surface area contributed by atoms with E-state index in [1.807, 2.05) is 25.7 Å². The van der Waals surface area contributed by atoms with Crippen molar-refractivity contribution >= 4 is 11.8 Å². The van der Waals surface area contributed by atoms with Crippen LogP contribution in [0.2, 0.25) is 0 Å². The van der Waals surface area contributed by atoms with Gasteiger partial charge in [0.05, 0.1) is 17.3 Å². The van der Waals surface area contributed by atoms with Gasteiger partial charge >= 0.3 is 0 Å². The minimum Gasteiger partial charge on any atom is -0.348 e. The lowest BCUT2D eigenvalue weighted by molar-refractivity contribution is -0.136. The minimum absolute atomic E-state index is 0.0143. The van der Waals surface area contributed by atoms with Crippen LogP contribution in [0.1, 0.15) is 54.9 Å². The molecule has 154 valence electrons. The highest BCUT2D eigenvalue weighted by molar-refractivity contribution is 5.92. The number of likely N-dealkylation sites (tertiary alicyclic amines) is 1. The number of carbonyl (C=O) groups excluding carboxylic acids is 2. The minimum atomic E-state index is -0.742. The standard InChI is InChI=1S/C22H27FN4O2/c1-15-13-25-19(14-24-15)20(28)26-18-5-4-11-27(12-10-18)21(29)22(2,3)16-6-8-17(23)9-7-16/h6-9,13-14,18H,4-5,10-12H2,1-3H3,(H,26,28)/t18-/m1/s1. The predicted molar refractivity (Wildman–Crippen MR) is 108 cm³/mol. The Morgan fingerprint density at radius 1 is 1.10 bits per heavy atom. The van der Waals surface area contributed by atoms with E-state index in [-0.39, 0.29) is 23.7 Å². The molecule has 1 aliphatic heterocycles. The molecule has 7 heteroatoms. The molecule has 1 aliphatic rings. The van der Waals surface area contributed by atoms with Crippen LogP contribution in [0.3, 0.4) is 0 Å². The van der Waals surface area contributed by atoms with Crippen LogP contribution in [-0.2, 0) is 10.2 Å². The quantitative estimate of drug-likeness (QED) is 0.859. The third-order valence-corrected chi connectivity index (χ3v) is 5.46. The summed E-state index contributed by atoms with van der Waals surface area (Å²) in [6, 6.07) is 6.07. The maximum atomic E-state index is 13.2. The van der Waals surface area contributed by atoms with Crippen molar-refractivity contribution in [3.05, 3.63) is 59.4 Å². The van der Waals surface area contributed by atoms with Gasteiger partial charge in [-0.2, -0.15) is 0 Å². The Labute approximate surface area is 170 Å². The largest absolute Gasteiger partial charge is 0.348 e. The van der Waals surface area contributed by atoms with Gasteiger partial charge in [0, 0.05) is 25.3 Å². The first-order valence-electron chi connectivity index (χ1n) is 9.92. The van der Waals surface area contributed by atoms with Crippen molar-refractivity contribution in [3.8, 4) is 0 Å². The van der Waals surface area contributed by atoms with E-state index in [0.717, 1.165) is 24.1 Å². The fourth-order valence-corrected chi connectivity index (χ4v) is 3.60. The predicted octanol–water partition coefficient (Wildman–Crippen LogP) is 3.01. The Bertz CT molecular complexity index is 865. The molecule has 29 heavy (non-hydrogen) atoms. The first-order chi connectivity index (χ1) is 13.8. The fraction of sp³-hybridized carbons (Fsp3) is 0.455. The van der Waals surface area contributed by atoms with Crippen LogP contribution in [-0.4, -0.2) is 45.8 Å². The van der Waals surface area contributed by atoms with Gasteiger partial charge < -0.3 is 10.2 Å². The molecule has 0 radical (unpaired) electrons. The number of amides is 2. The topological polar surface area (TPSA) is 75.2 Å². The molecule has 0 spiro atoms. The van der Waals surface area contributed by atoms with Crippen LogP contribution < -0.4 is 5.32 Å². The van der Waals surface area contributed by atoms with Crippen LogP contribution in [0, 0.1) is 12.7 Å². The van der Waals surface area contributed by atoms with Crippen LogP contribution in [0.15, 0.2) is 36.7 Å². The summed E-state index contributed by atoms with van der Waals surface area (Å²) >= 11 is 0. The van der Waals surface area contributed by atoms with Crippen LogP contribution in [0.4, 0.5) is 4.39 Å². The molecule has 1 atom stereocenters. The normalized spacial score (nSPS) is 17.5. The SMILES string of the molecule is Cc1cnc(C(=O)N[C@@H]2CCCN(C(=O)C(C)(C)c3ccc(F)cc3)CC2)cn1. The summed E-state index contributed by atoms with van der Waals surface area (Å²) in [6.45, 7) is 6.75. The number of carbonyl (C=O) groups is 2. The van der Waals surface area contributed by atoms with E-state index in [1.54, 1.807) is 18.3 Å². The number of halogens is 1. The Hall–Kier alpha value is -2.83. The van der Waals surface area contributed by atoms with Gasteiger partial charge in [-0.15, -0.1) is 0 Å². The summed E-state index contributed by atoms with van der Waals surface area (Å²) in [7, 11) is 0. The number of aryl methyl sites for hydroxylation is 1. The van der Waals surface area contributed by atoms with E-state index in [2.05, 4.69) is 15.3 Å². The van der Waals surface area contributed by atoms with Gasteiger partial charge in [0.25, 0.3) is 5.91 Å². The lowest BCUT2D eigenvalue weighted by Crippen LogP contribution is -2.44. The van der Waals surface area contributed by atoms with E-state index in [4.69, 9.17) is 0 Å². The molecule has 0 saturated carbocycles. The van der Waals surface area contributed by atoms with E-state index in [1.165, 1.54) is 18.3 Å². The number of nitrogens with one attached hydrogen (secondary N) is 1. The molecule has 1 aromatic carbocycles. The second kappa shape index (κ2) is 8.68. The number of hydrogen-bond donors (Lipinski definition) is 1. The van der Waals surface area contributed by atoms with E-state index < -0.39 is 5.41 Å². The molecule has 2 aromatic rings. The molecule has 1 aromatic heterocycles. The summed E-state index contributed by atoms with van der Waals surface area (Å²) in [5, 5.41) is 3.01. The highest BCUT2D eigenvalue weighted by Crippen LogP contribution is 2.27. The average Bonchev–Trinajstić information content (AvgIpc) is 2.93. The highest BCUT2D eigenvalue weighted by atomic mass is 19.1. The van der Waals surface area contributed by atoms with Gasteiger partial charge in [-0.25, -0.2) is 9.37 Å². The molecule has 1 saturated heterocycles. The lowest BCUT2D eigenvalue weighted by atomic mass is 9.83. The van der Waals surface area contributed by atoms with Crippen molar-refractivity contribution in [2.75, 3.05) is 13.1 Å². The van der Waals surface area contributed by atoms with Crippen LogP contribution >= 0.6 is 0 Å². The molecule has 1 fully saturated rings. The number of nitrogens with zero attached hydrogens (tertiary/aromatic N) is 3. The number of rotatable bonds is 4. The first-order valence-corrected chi connectivity index (χ1v) is 9.92. The zero-order chi connectivity index (χ0) is 21.0. The van der Waals surface area contributed by atoms with Crippen molar-refractivity contribution in [1.29, 1.82) is 0 Å². The van der Waals surface area contributed by atoms with E-state index >= 15 is 0 Å². The molecule has 2 amide bonds. The maximum Gasteiger partial charge on any atom is 0.271 e. The summed E-state index contributed by atoms with van der Waals surface area (Å²) in [5.41, 5.74) is 1.10.